The van der Waals surface area contributed by atoms with Crippen LogP contribution in [0.2, 0.25) is 0 Å². The van der Waals surface area contributed by atoms with Gasteiger partial charge in [0, 0.05) is 19.2 Å². The van der Waals surface area contributed by atoms with Gasteiger partial charge in [-0.05, 0) is 43.5 Å². The normalized spacial score (nSPS) is 21.6. The van der Waals surface area contributed by atoms with Crippen molar-refractivity contribution in [3.8, 4) is 0 Å². The molecule has 2 rings (SSSR count). The van der Waals surface area contributed by atoms with Crippen LogP contribution in [0.3, 0.4) is 0 Å². The van der Waals surface area contributed by atoms with Crippen molar-refractivity contribution in [2.24, 2.45) is 0 Å². The van der Waals surface area contributed by atoms with Crippen molar-refractivity contribution in [2.75, 3.05) is 13.2 Å². The van der Waals surface area contributed by atoms with Crippen LogP contribution < -0.4 is 0 Å². The fraction of sp³-hybridized carbons (Fsp3) is 0.571. The summed E-state index contributed by atoms with van der Waals surface area (Å²) in [6, 6.07) is 7.26. The predicted molar refractivity (Wildman–Crippen MR) is 66.2 cm³/mol. The number of aliphatic hydroxyl groups is 1. The number of aliphatic hydroxyl groups excluding tert-OH is 1. The monoisotopic (exact) mass is 237 g/mol. The van der Waals surface area contributed by atoms with E-state index < -0.39 is 0 Å². The second-order valence-corrected chi connectivity index (χ2v) is 4.76. The van der Waals surface area contributed by atoms with Gasteiger partial charge in [0.1, 0.15) is 5.82 Å². The molecule has 2 nitrogen and oxygen atoms in total. The van der Waals surface area contributed by atoms with Gasteiger partial charge in [-0.25, -0.2) is 4.39 Å². The minimum Gasteiger partial charge on any atom is -0.396 e. The molecule has 0 bridgehead atoms. The molecule has 0 saturated carbocycles. The van der Waals surface area contributed by atoms with Gasteiger partial charge in [0.25, 0.3) is 0 Å². The Labute approximate surface area is 102 Å². The Kier molecular flexibility index (Phi) is 4.51. The van der Waals surface area contributed by atoms with E-state index in [0.29, 0.717) is 6.04 Å². The topological polar surface area (TPSA) is 23.5 Å². The first-order valence-electron chi connectivity index (χ1n) is 6.39. The fourth-order valence-electron chi connectivity index (χ4n) is 2.61. The van der Waals surface area contributed by atoms with Gasteiger partial charge >= 0.3 is 0 Å². The molecule has 1 aromatic rings. The minimum absolute atomic E-state index is 0.168. The zero-order chi connectivity index (χ0) is 12.1. The quantitative estimate of drug-likeness (QED) is 0.870. The summed E-state index contributed by atoms with van der Waals surface area (Å²) in [5.41, 5.74) is 1.02. The second-order valence-electron chi connectivity index (χ2n) is 4.76. The molecule has 1 saturated heterocycles. The van der Waals surface area contributed by atoms with E-state index in [1.165, 1.54) is 18.9 Å². The molecule has 1 aliphatic heterocycles. The maximum atomic E-state index is 13.1. The number of hydrogen-bond donors (Lipinski definition) is 1. The van der Waals surface area contributed by atoms with Gasteiger partial charge in [-0.2, -0.15) is 0 Å². The first kappa shape index (κ1) is 12.5. The first-order valence-corrected chi connectivity index (χ1v) is 6.39. The van der Waals surface area contributed by atoms with Crippen molar-refractivity contribution in [1.82, 2.24) is 4.90 Å². The average molecular weight is 237 g/mol. The zero-order valence-electron chi connectivity index (χ0n) is 10.1. The molecule has 0 aromatic heterocycles. The SMILES string of the molecule is OCC[C@@H]1CCCCN1Cc1cccc(F)c1. The molecule has 1 N–H and O–H groups in total. The third-order valence-electron chi connectivity index (χ3n) is 3.49. The van der Waals surface area contributed by atoms with Gasteiger partial charge < -0.3 is 5.11 Å². The second kappa shape index (κ2) is 6.12. The highest BCUT2D eigenvalue weighted by Gasteiger charge is 2.21. The Balaban J connectivity index is 2.00. The van der Waals surface area contributed by atoms with Crippen LogP contribution in [0.4, 0.5) is 4.39 Å². The highest BCUT2D eigenvalue weighted by atomic mass is 19.1. The van der Waals surface area contributed by atoms with Gasteiger partial charge in [0.2, 0.25) is 0 Å². The van der Waals surface area contributed by atoms with E-state index >= 15 is 0 Å². The molecular weight excluding hydrogens is 217 g/mol. The lowest BCUT2D eigenvalue weighted by Gasteiger charge is -2.35. The molecule has 3 heteroatoms. The molecule has 1 aliphatic rings. The number of halogens is 1. The summed E-state index contributed by atoms with van der Waals surface area (Å²) < 4.78 is 13.1. The highest BCUT2D eigenvalue weighted by molar-refractivity contribution is 5.16. The van der Waals surface area contributed by atoms with E-state index in [1.54, 1.807) is 12.1 Å². The van der Waals surface area contributed by atoms with Gasteiger partial charge in [-0.3, -0.25) is 4.90 Å². The van der Waals surface area contributed by atoms with Crippen LogP contribution in [0.5, 0.6) is 0 Å². The van der Waals surface area contributed by atoms with Crippen LogP contribution in [0, 0.1) is 5.82 Å². The minimum atomic E-state index is -0.168. The summed E-state index contributed by atoms with van der Waals surface area (Å²) in [7, 11) is 0. The number of nitrogens with zero attached hydrogens (tertiary/aromatic N) is 1. The summed E-state index contributed by atoms with van der Waals surface area (Å²) in [5, 5.41) is 9.06. The van der Waals surface area contributed by atoms with E-state index in [-0.39, 0.29) is 12.4 Å². The van der Waals surface area contributed by atoms with E-state index in [0.717, 1.165) is 31.5 Å². The molecule has 0 radical (unpaired) electrons. The molecule has 1 fully saturated rings. The molecule has 1 heterocycles. The summed E-state index contributed by atoms with van der Waals surface area (Å²) in [4.78, 5) is 2.37. The van der Waals surface area contributed by atoms with Crippen molar-refractivity contribution >= 4 is 0 Å². The average Bonchev–Trinajstić information content (AvgIpc) is 2.32. The standard InChI is InChI=1S/C14H20FNO/c15-13-5-3-4-12(10-13)11-16-8-2-1-6-14(16)7-9-17/h3-5,10,14,17H,1-2,6-9,11H2/t14-/m0/s1. The number of piperidine rings is 1. The maximum Gasteiger partial charge on any atom is 0.123 e. The lowest BCUT2D eigenvalue weighted by Crippen LogP contribution is -2.39. The van der Waals surface area contributed by atoms with Crippen LogP contribution in [0.1, 0.15) is 31.2 Å². The molecule has 0 amide bonds. The smallest absolute Gasteiger partial charge is 0.123 e. The number of hydrogen-bond acceptors (Lipinski definition) is 2. The van der Waals surface area contributed by atoms with E-state index in [4.69, 9.17) is 5.11 Å². The molecule has 0 spiro atoms. The van der Waals surface area contributed by atoms with Crippen LogP contribution in [0.15, 0.2) is 24.3 Å². The van der Waals surface area contributed by atoms with Gasteiger partial charge in [0.15, 0.2) is 0 Å². The highest BCUT2D eigenvalue weighted by Crippen LogP contribution is 2.21. The van der Waals surface area contributed by atoms with Crippen LogP contribution in [-0.2, 0) is 6.54 Å². The molecule has 1 aromatic carbocycles. The molecule has 94 valence electrons. The van der Waals surface area contributed by atoms with Crippen molar-refractivity contribution in [3.05, 3.63) is 35.6 Å². The Morgan fingerprint density at radius 3 is 3.00 bits per heavy atom. The van der Waals surface area contributed by atoms with Crippen molar-refractivity contribution in [3.63, 3.8) is 0 Å². The van der Waals surface area contributed by atoms with E-state index in [1.807, 2.05) is 6.07 Å². The van der Waals surface area contributed by atoms with Crippen LogP contribution >= 0.6 is 0 Å². The van der Waals surface area contributed by atoms with Crippen LogP contribution in [-0.4, -0.2) is 29.2 Å². The zero-order valence-corrected chi connectivity index (χ0v) is 10.1. The third-order valence-corrected chi connectivity index (χ3v) is 3.49. The molecule has 17 heavy (non-hydrogen) atoms. The first-order chi connectivity index (χ1) is 8.29. The molecular formula is C14H20FNO. The van der Waals surface area contributed by atoms with Crippen molar-refractivity contribution in [2.45, 2.75) is 38.3 Å². The Hall–Kier alpha value is -0.930. The largest absolute Gasteiger partial charge is 0.396 e. The van der Waals surface area contributed by atoms with E-state index in [2.05, 4.69) is 4.90 Å². The van der Waals surface area contributed by atoms with E-state index in [9.17, 15) is 4.39 Å². The fourth-order valence-corrected chi connectivity index (χ4v) is 2.61. The van der Waals surface area contributed by atoms with Crippen LogP contribution in [0.25, 0.3) is 0 Å². The number of benzene rings is 1. The third kappa shape index (κ3) is 3.51. The molecule has 0 unspecified atom stereocenters. The lowest BCUT2D eigenvalue weighted by molar-refractivity contribution is 0.112. The molecule has 1 atom stereocenters. The lowest BCUT2D eigenvalue weighted by atomic mass is 9.99. The summed E-state index contributed by atoms with van der Waals surface area (Å²) in [5.74, 6) is -0.168. The summed E-state index contributed by atoms with van der Waals surface area (Å²) in [6.07, 6.45) is 4.42. The van der Waals surface area contributed by atoms with Gasteiger partial charge in [-0.15, -0.1) is 0 Å². The molecule has 0 aliphatic carbocycles. The predicted octanol–water partition coefficient (Wildman–Crippen LogP) is 2.56. The van der Waals surface area contributed by atoms with Gasteiger partial charge in [0.05, 0.1) is 0 Å². The number of rotatable bonds is 4. The Morgan fingerprint density at radius 2 is 2.24 bits per heavy atom. The Bertz CT molecular complexity index is 354. The summed E-state index contributed by atoms with van der Waals surface area (Å²) >= 11 is 0. The van der Waals surface area contributed by atoms with Crippen molar-refractivity contribution < 1.29 is 9.50 Å². The Morgan fingerprint density at radius 1 is 1.35 bits per heavy atom. The van der Waals surface area contributed by atoms with Gasteiger partial charge in [-0.1, -0.05) is 18.6 Å². The maximum absolute atomic E-state index is 13.1. The summed E-state index contributed by atoms with van der Waals surface area (Å²) in [6.45, 7) is 2.09. The number of likely N-dealkylation sites (tertiary alicyclic amines) is 1. The van der Waals surface area contributed by atoms with Crippen molar-refractivity contribution in [1.29, 1.82) is 0 Å².